The van der Waals surface area contributed by atoms with E-state index in [0.29, 0.717) is 19.4 Å². The van der Waals surface area contributed by atoms with Crippen LogP contribution in [0, 0.1) is 0 Å². The van der Waals surface area contributed by atoms with E-state index in [4.69, 9.17) is 10.8 Å². The monoisotopic (exact) mass is 224 g/mol. The summed E-state index contributed by atoms with van der Waals surface area (Å²) in [5, 5.41) is 20.8. The first kappa shape index (κ1) is 12.3. The minimum Gasteiger partial charge on any atom is -0.508 e. The van der Waals surface area contributed by atoms with Crippen molar-refractivity contribution >= 4 is 11.7 Å². The number of benzene rings is 1. The predicted molar refractivity (Wildman–Crippen MR) is 61.4 cm³/mol. The Morgan fingerprint density at radius 1 is 1.50 bits per heavy atom. The first-order valence-electron chi connectivity index (χ1n) is 5.11. The molecule has 0 aromatic heterocycles. The van der Waals surface area contributed by atoms with Crippen molar-refractivity contribution in [3.05, 3.63) is 24.3 Å². The molecule has 1 aromatic rings. The quantitative estimate of drug-likeness (QED) is 0.540. The minimum atomic E-state index is -0.975. The Balaban J connectivity index is 2.23. The number of phenols is 1. The number of hydrogen-bond donors (Lipinski definition) is 4. The fourth-order valence-corrected chi connectivity index (χ4v) is 1.29. The summed E-state index contributed by atoms with van der Waals surface area (Å²) in [5.74, 6) is -0.774. The molecule has 0 radical (unpaired) electrons. The van der Waals surface area contributed by atoms with Gasteiger partial charge in [-0.1, -0.05) is 6.07 Å². The van der Waals surface area contributed by atoms with Crippen LogP contribution in [-0.4, -0.2) is 28.8 Å². The van der Waals surface area contributed by atoms with Gasteiger partial charge in [-0.05, 0) is 25.0 Å². The Hall–Kier alpha value is -1.75. The molecule has 88 valence electrons. The van der Waals surface area contributed by atoms with Crippen molar-refractivity contribution in [1.82, 2.24) is 0 Å². The molecule has 16 heavy (non-hydrogen) atoms. The van der Waals surface area contributed by atoms with Gasteiger partial charge < -0.3 is 21.3 Å². The Morgan fingerprint density at radius 2 is 2.25 bits per heavy atom. The molecule has 1 atom stereocenters. The molecule has 0 fully saturated rings. The number of hydrogen-bond acceptors (Lipinski definition) is 4. The molecule has 0 unspecified atom stereocenters. The molecule has 1 aromatic carbocycles. The van der Waals surface area contributed by atoms with Gasteiger partial charge >= 0.3 is 5.97 Å². The SMILES string of the molecule is N[C@H](CCCNc1cccc(O)c1)C(=O)O. The molecular formula is C11H16N2O3. The van der Waals surface area contributed by atoms with Crippen LogP contribution in [0.1, 0.15) is 12.8 Å². The maximum absolute atomic E-state index is 10.4. The first-order chi connectivity index (χ1) is 7.59. The normalized spacial score (nSPS) is 12.1. The zero-order valence-electron chi connectivity index (χ0n) is 8.89. The van der Waals surface area contributed by atoms with Gasteiger partial charge in [0.25, 0.3) is 0 Å². The van der Waals surface area contributed by atoms with Crippen molar-refractivity contribution in [3.8, 4) is 5.75 Å². The molecule has 0 spiro atoms. The lowest BCUT2D eigenvalue weighted by Crippen LogP contribution is -2.30. The third kappa shape index (κ3) is 4.18. The largest absolute Gasteiger partial charge is 0.508 e. The highest BCUT2D eigenvalue weighted by molar-refractivity contribution is 5.72. The van der Waals surface area contributed by atoms with E-state index in [1.165, 1.54) is 0 Å². The molecule has 0 saturated heterocycles. The molecule has 0 aliphatic carbocycles. The molecule has 5 heteroatoms. The molecular weight excluding hydrogens is 208 g/mol. The average molecular weight is 224 g/mol. The Kier molecular flexibility index (Phi) is 4.60. The van der Waals surface area contributed by atoms with Crippen molar-refractivity contribution in [3.63, 3.8) is 0 Å². The number of carbonyl (C=O) groups is 1. The van der Waals surface area contributed by atoms with E-state index in [1.54, 1.807) is 18.2 Å². The Bertz CT molecular complexity index is 355. The highest BCUT2D eigenvalue weighted by Crippen LogP contribution is 2.15. The van der Waals surface area contributed by atoms with Crippen molar-refractivity contribution in [1.29, 1.82) is 0 Å². The number of carboxylic acid groups (broad SMARTS) is 1. The van der Waals surface area contributed by atoms with E-state index < -0.39 is 12.0 Å². The summed E-state index contributed by atoms with van der Waals surface area (Å²) in [7, 11) is 0. The summed E-state index contributed by atoms with van der Waals surface area (Å²) in [4.78, 5) is 10.4. The van der Waals surface area contributed by atoms with E-state index in [0.717, 1.165) is 5.69 Å². The Labute approximate surface area is 93.9 Å². The van der Waals surface area contributed by atoms with Gasteiger partial charge in [0.05, 0.1) is 0 Å². The Morgan fingerprint density at radius 3 is 2.88 bits per heavy atom. The van der Waals surface area contributed by atoms with Gasteiger partial charge in [0.2, 0.25) is 0 Å². The van der Waals surface area contributed by atoms with Crippen molar-refractivity contribution < 1.29 is 15.0 Å². The summed E-state index contributed by atoms with van der Waals surface area (Å²) in [5.41, 5.74) is 6.16. The van der Waals surface area contributed by atoms with Crippen molar-refractivity contribution in [2.45, 2.75) is 18.9 Å². The number of nitrogens with one attached hydrogen (secondary N) is 1. The number of carboxylic acids is 1. The van der Waals surface area contributed by atoms with Gasteiger partial charge in [-0.15, -0.1) is 0 Å². The number of aliphatic carboxylic acids is 1. The summed E-state index contributed by atoms with van der Waals surface area (Å²) >= 11 is 0. The zero-order chi connectivity index (χ0) is 12.0. The van der Waals surface area contributed by atoms with Crippen LogP contribution in [0.5, 0.6) is 5.75 Å². The van der Waals surface area contributed by atoms with Crippen LogP contribution in [0.4, 0.5) is 5.69 Å². The van der Waals surface area contributed by atoms with Crippen LogP contribution in [0.15, 0.2) is 24.3 Å². The zero-order valence-corrected chi connectivity index (χ0v) is 8.89. The van der Waals surface area contributed by atoms with E-state index in [1.807, 2.05) is 6.07 Å². The van der Waals surface area contributed by atoms with Gasteiger partial charge in [0, 0.05) is 18.3 Å². The molecule has 0 aliphatic heterocycles. The van der Waals surface area contributed by atoms with E-state index >= 15 is 0 Å². The molecule has 1 rings (SSSR count). The van der Waals surface area contributed by atoms with Crippen LogP contribution in [0.3, 0.4) is 0 Å². The highest BCUT2D eigenvalue weighted by atomic mass is 16.4. The summed E-state index contributed by atoms with van der Waals surface area (Å²) < 4.78 is 0. The van der Waals surface area contributed by atoms with Crippen LogP contribution < -0.4 is 11.1 Å². The third-order valence-electron chi connectivity index (χ3n) is 2.18. The van der Waals surface area contributed by atoms with Gasteiger partial charge in [0.15, 0.2) is 0 Å². The maximum atomic E-state index is 10.4. The standard InChI is InChI=1S/C11H16N2O3/c12-10(11(15)16)5-2-6-13-8-3-1-4-9(14)7-8/h1,3-4,7,10,13-14H,2,5-6,12H2,(H,15,16)/t10-/m1/s1. The van der Waals surface area contributed by atoms with E-state index in [-0.39, 0.29) is 5.75 Å². The summed E-state index contributed by atoms with van der Waals surface area (Å²) in [6, 6.07) is 5.96. The molecule has 0 aliphatic rings. The molecule has 5 N–H and O–H groups in total. The third-order valence-corrected chi connectivity index (χ3v) is 2.18. The van der Waals surface area contributed by atoms with Crippen molar-refractivity contribution in [2.24, 2.45) is 5.73 Å². The molecule has 5 nitrogen and oxygen atoms in total. The number of anilines is 1. The number of rotatable bonds is 6. The lowest BCUT2D eigenvalue weighted by atomic mass is 10.1. The predicted octanol–water partition coefficient (Wildman–Crippen LogP) is 0.996. The summed E-state index contributed by atoms with van der Waals surface area (Å²) in [6.45, 7) is 0.629. The average Bonchev–Trinajstić information content (AvgIpc) is 2.24. The van der Waals surface area contributed by atoms with E-state index in [2.05, 4.69) is 5.32 Å². The van der Waals surface area contributed by atoms with Gasteiger partial charge in [0.1, 0.15) is 11.8 Å². The second-order valence-corrected chi connectivity index (χ2v) is 3.56. The van der Waals surface area contributed by atoms with Crippen LogP contribution >= 0.6 is 0 Å². The van der Waals surface area contributed by atoms with E-state index in [9.17, 15) is 9.90 Å². The van der Waals surface area contributed by atoms with Gasteiger partial charge in [-0.3, -0.25) is 4.79 Å². The molecule has 0 saturated carbocycles. The lowest BCUT2D eigenvalue weighted by Gasteiger charge is -2.08. The van der Waals surface area contributed by atoms with Gasteiger partial charge in [-0.2, -0.15) is 0 Å². The molecule has 0 heterocycles. The van der Waals surface area contributed by atoms with Crippen molar-refractivity contribution in [2.75, 3.05) is 11.9 Å². The fourth-order valence-electron chi connectivity index (χ4n) is 1.29. The number of phenolic OH excluding ortho intramolecular Hbond substituents is 1. The summed E-state index contributed by atoms with van der Waals surface area (Å²) in [6.07, 6.45) is 1.10. The highest BCUT2D eigenvalue weighted by Gasteiger charge is 2.09. The fraction of sp³-hybridized carbons (Fsp3) is 0.364. The number of aromatic hydroxyl groups is 1. The van der Waals surface area contributed by atoms with Crippen LogP contribution in [-0.2, 0) is 4.79 Å². The van der Waals surface area contributed by atoms with Crippen LogP contribution in [0.2, 0.25) is 0 Å². The second kappa shape index (κ2) is 5.97. The minimum absolute atomic E-state index is 0.201. The number of nitrogens with two attached hydrogens (primary N) is 1. The molecule has 0 amide bonds. The van der Waals surface area contributed by atoms with Gasteiger partial charge in [-0.25, -0.2) is 0 Å². The maximum Gasteiger partial charge on any atom is 0.320 e. The first-order valence-corrected chi connectivity index (χ1v) is 5.11. The van der Waals surface area contributed by atoms with Crippen LogP contribution in [0.25, 0.3) is 0 Å². The smallest absolute Gasteiger partial charge is 0.320 e. The molecule has 0 bridgehead atoms. The lowest BCUT2D eigenvalue weighted by molar-refractivity contribution is -0.138. The second-order valence-electron chi connectivity index (χ2n) is 3.56. The topological polar surface area (TPSA) is 95.6 Å².